The number of aliphatic imine (C=N–C) groups is 1. The molecular weight excluding hydrogens is 470 g/mol. The molecule has 0 aliphatic rings. The highest BCUT2D eigenvalue weighted by Gasteiger charge is 2.15. The number of likely N-dealkylation sites (N-methyl/N-ethyl adjacent to an activating group) is 1. The molecule has 1 atom stereocenters. The summed E-state index contributed by atoms with van der Waals surface area (Å²) in [6, 6.07) is 14.7. The van der Waals surface area contributed by atoms with Gasteiger partial charge in [0.15, 0.2) is 5.96 Å². The minimum absolute atomic E-state index is 0. The molecular formula is C21H30FIN4O. The van der Waals surface area contributed by atoms with Crippen molar-refractivity contribution in [1.29, 1.82) is 0 Å². The van der Waals surface area contributed by atoms with Gasteiger partial charge in [-0.25, -0.2) is 9.38 Å². The summed E-state index contributed by atoms with van der Waals surface area (Å²) in [6.45, 7) is 3.97. The van der Waals surface area contributed by atoms with Gasteiger partial charge in [-0.2, -0.15) is 0 Å². The first-order chi connectivity index (χ1) is 13.0. The highest BCUT2D eigenvalue weighted by atomic mass is 127. The number of nitrogens with zero attached hydrogens (tertiary/aromatic N) is 2. The predicted molar refractivity (Wildman–Crippen MR) is 124 cm³/mol. The maximum Gasteiger partial charge on any atom is 0.191 e. The van der Waals surface area contributed by atoms with Gasteiger partial charge >= 0.3 is 0 Å². The fourth-order valence-electron chi connectivity index (χ4n) is 2.74. The maximum atomic E-state index is 13.0. The molecule has 0 fully saturated rings. The number of hydrogen-bond donors (Lipinski definition) is 2. The summed E-state index contributed by atoms with van der Waals surface area (Å²) in [5, 5.41) is 6.66. The summed E-state index contributed by atoms with van der Waals surface area (Å²) in [5.74, 6) is 1.34. The SMILES string of the molecule is CCNC(=NCc1ccc(F)cc1)NCC(c1cccc(OC)c1)N(C)C.I. The number of benzene rings is 2. The van der Waals surface area contributed by atoms with Gasteiger partial charge in [-0.15, -0.1) is 24.0 Å². The number of hydrogen-bond acceptors (Lipinski definition) is 3. The lowest BCUT2D eigenvalue weighted by atomic mass is 10.1. The number of ether oxygens (including phenoxy) is 1. The number of halogens is 2. The van der Waals surface area contributed by atoms with Crippen LogP contribution in [0.15, 0.2) is 53.5 Å². The molecule has 0 radical (unpaired) electrons. The van der Waals surface area contributed by atoms with Crippen LogP contribution in [0.5, 0.6) is 5.75 Å². The average molecular weight is 500 g/mol. The third-order valence-corrected chi connectivity index (χ3v) is 4.24. The van der Waals surface area contributed by atoms with Gasteiger partial charge in [-0.3, -0.25) is 0 Å². The molecule has 2 aromatic rings. The first-order valence-corrected chi connectivity index (χ1v) is 9.10. The molecule has 0 aliphatic heterocycles. The van der Waals surface area contributed by atoms with Gasteiger partial charge in [0, 0.05) is 13.1 Å². The second kappa shape index (κ2) is 12.6. The quantitative estimate of drug-likeness (QED) is 0.329. The van der Waals surface area contributed by atoms with E-state index in [1.165, 1.54) is 17.7 Å². The molecule has 2 aromatic carbocycles. The highest BCUT2D eigenvalue weighted by Crippen LogP contribution is 2.22. The molecule has 0 spiro atoms. The van der Waals surface area contributed by atoms with E-state index in [9.17, 15) is 4.39 Å². The third-order valence-electron chi connectivity index (χ3n) is 4.24. The van der Waals surface area contributed by atoms with Crippen LogP contribution >= 0.6 is 24.0 Å². The van der Waals surface area contributed by atoms with E-state index in [4.69, 9.17) is 4.74 Å². The van der Waals surface area contributed by atoms with Gasteiger partial charge < -0.3 is 20.3 Å². The van der Waals surface area contributed by atoms with Gasteiger partial charge in [0.2, 0.25) is 0 Å². The van der Waals surface area contributed by atoms with Gasteiger partial charge in [0.05, 0.1) is 19.7 Å². The molecule has 7 heteroatoms. The van der Waals surface area contributed by atoms with E-state index < -0.39 is 0 Å². The number of methoxy groups -OCH3 is 1. The lowest BCUT2D eigenvalue weighted by molar-refractivity contribution is 0.297. The highest BCUT2D eigenvalue weighted by molar-refractivity contribution is 14.0. The molecule has 154 valence electrons. The molecule has 2 N–H and O–H groups in total. The minimum Gasteiger partial charge on any atom is -0.497 e. The Morgan fingerprint density at radius 2 is 1.86 bits per heavy atom. The Labute approximate surface area is 184 Å². The first kappa shape index (κ1) is 24.2. The van der Waals surface area contributed by atoms with Crippen LogP contribution in [-0.4, -0.2) is 45.2 Å². The zero-order valence-corrected chi connectivity index (χ0v) is 19.2. The van der Waals surface area contributed by atoms with E-state index >= 15 is 0 Å². The van der Waals surface area contributed by atoms with Crippen molar-refractivity contribution in [2.75, 3.05) is 34.3 Å². The Morgan fingerprint density at radius 3 is 2.46 bits per heavy atom. The van der Waals surface area contributed by atoms with E-state index in [2.05, 4.69) is 46.8 Å². The van der Waals surface area contributed by atoms with Gasteiger partial charge in [0.25, 0.3) is 0 Å². The van der Waals surface area contributed by atoms with Crippen LogP contribution in [0.4, 0.5) is 4.39 Å². The summed E-state index contributed by atoms with van der Waals surface area (Å²) in [6.07, 6.45) is 0. The van der Waals surface area contributed by atoms with Crippen molar-refractivity contribution in [1.82, 2.24) is 15.5 Å². The van der Waals surface area contributed by atoms with Crippen LogP contribution in [0.1, 0.15) is 24.1 Å². The van der Waals surface area contributed by atoms with Crippen molar-refractivity contribution in [2.24, 2.45) is 4.99 Å². The number of rotatable bonds is 8. The number of guanidine groups is 1. The molecule has 28 heavy (non-hydrogen) atoms. The lowest BCUT2D eigenvalue weighted by Gasteiger charge is -2.26. The molecule has 0 saturated carbocycles. The lowest BCUT2D eigenvalue weighted by Crippen LogP contribution is -2.41. The summed E-state index contributed by atoms with van der Waals surface area (Å²) in [5.41, 5.74) is 2.13. The Hall–Kier alpha value is -1.87. The Morgan fingerprint density at radius 1 is 1.14 bits per heavy atom. The molecule has 0 aromatic heterocycles. The largest absolute Gasteiger partial charge is 0.497 e. The zero-order valence-electron chi connectivity index (χ0n) is 16.9. The third kappa shape index (κ3) is 7.63. The molecule has 0 amide bonds. The molecule has 0 aliphatic carbocycles. The average Bonchev–Trinajstić information content (AvgIpc) is 2.67. The Kier molecular flexibility index (Phi) is 10.8. The van der Waals surface area contributed by atoms with Gasteiger partial charge in [-0.05, 0) is 56.4 Å². The Bertz CT molecular complexity index is 737. The molecule has 0 heterocycles. The Balaban J connectivity index is 0.00000392. The summed E-state index contributed by atoms with van der Waals surface area (Å²) in [7, 11) is 5.77. The van der Waals surface area contributed by atoms with E-state index in [1.807, 2.05) is 19.1 Å². The smallest absolute Gasteiger partial charge is 0.191 e. The minimum atomic E-state index is -0.236. The van der Waals surface area contributed by atoms with Crippen LogP contribution < -0.4 is 15.4 Å². The van der Waals surface area contributed by atoms with Crippen molar-refractivity contribution < 1.29 is 9.13 Å². The molecule has 0 bridgehead atoms. The summed E-state index contributed by atoms with van der Waals surface area (Å²) >= 11 is 0. The van der Waals surface area contributed by atoms with Crippen molar-refractivity contribution in [3.63, 3.8) is 0 Å². The van der Waals surface area contributed by atoms with E-state index in [-0.39, 0.29) is 35.8 Å². The fourth-order valence-corrected chi connectivity index (χ4v) is 2.74. The van der Waals surface area contributed by atoms with E-state index in [0.29, 0.717) is 13.1 Å². The molecule has 0 saturated heterocycles. The van der Waals surface area contributed by atoms with Crippen LogP contribution in [0.2, 0.25) is 0 Å². The molecule has 2 rings (SSSR count). The zero-order chi connectivity index (χ0) is 19.6. The summed E-state index contributed by atoms with van der Waals surface area (Å²) in [4.78, 5) is 6.76. The van der Waals surface area contributed by atoms with E-state index in [1.54, 1.807) is 19.2 Å². The molecule has 5 nitrogen and oxygen atoms in total. The second-order valence-electron chi connectivity index (χ2n) is 6.46. The molecule has 1 unspecified atom stereocenters. The van der Waals surface area contributed by atoms with E-state index in [0.717, 1.165) is 23.8 Å². The van der Waals surface area contributed by atoms with Gasteiger partial charge in [0.1, 0.15) is 11.6 Å². The van der Waals surface area contributed by atoms with Crippen molar-refractivity contribution in [3.05, 3.63) is 65.5 Å². The summed E-state index contributed by atoms with van der Waals surface area (Å²) < 4.78 is 18.4. The van der Waals surface area contributed by atoms with Crippen molar-refractivity contribution in [3.8, 4) is 5.75 Å². The van der Waals surface area contributed by atoms with Crippen LogP contribution in [0.25, 0.3) is 0 Å². The second-order valence-corrected chi connectivity index (χ2v) is 6.46. The van der Waals surface area contributed by atoms with Gasteiger partial charge in [-0.1, -0.05) is 24.3 Å². The topological polar surface area (TPSA) is 48.9 Å². The fraction of sp³-hybridized carbons (Fsp3) is 0.381. The predicted octanol–water partition coefficient (Wildman–Crippen LogP) is 3.81. The first-order valence-electron chi connectivity index (χ1n) is 9.10. The van der Waals surface area contributed by atoms with Crippen LogP contribution in [-0.2, 0) is 6.54 Å². The van der Waals surface area contributed by atoms with Crippen molar-refractivity contribution in [2.45, 2.75) is 19.5 Å². The number of nitrogens with one attached hydrogen (secondary N) is 2. The van der Waals surface area contributed by atoms with Crippen LogP contribution in [0.3, 0.4) is 0 Å². The van der Waals surface area contributed by atoms with Crippen molar-refractivity contribution >= 4 is 29.9 Å². The standard InChI is InChI=1S/C21H29FN4O.HI/c1-5-23-21(24-14-16-9-11-18(22)12-10-16)25-15-20(26(2)3)17-7-6-8-19(13-17)27-4;/h6-13,20H,5,14-15H2,1-4H3,(H2,23,24,25);1H. The van der Waals surface area contributed by atoms with Crippen LogP contribution in [0, 0.1) is 5.82 Å². The monoisotopic (exact) mass is 500 g/mol. The normalized spacial score (nSPS) is 12.3. The maximum absolute atomic E-state index is 13.0.